The van der Waals surface area contributed by atoms with Gasteiger partial charge in [-0.15, -0.1) is 11.8 Å². The first kappa shape index (κ1) is 15.9. The Kier molecular flexibility index (Phi) is 5.30. The fraction of sp³-hybridized carbons (Fsp3) is 0.529. The summed E-state index contributed by atoms with van der Waals surface area (Å²) in [6.45, 7) is 3.44. The van der Waals surface area contributed by atoms with Crippen molar-refractivity contribution in [3.63, 3.8) is 0 Å². The second-order valence-corrected chi connectivity index (χ2v) is 6.70. The molecular formula is C17H22N2OS. The van der Waals surface area contributed by atoms with Crippen LogP contribution in [0.3, 0.4) is 0 Å². The van der Waals surface area contributed by atoms with Crippen molar-refractivity contribution in [2.45, 2.75) is 36.9 Å². The first-order valence-corrected chi connectivity index (χ1v) is 8.68. The molecule has 112 valence electrons. The molecule has 0 bridgehead atoms. The first-order chi connectivity index (χ1) is 10.2. The van der Waals surface area contributed by atoms with E-state index in [4.69, 9.17) is 0 Å². The van der Waals surface area contributed by atoms with Crippen molar-refractivity contribution < 1.29 is 4.79 Å². The molecule has 4 heteroatoms. The third-order valence-corrected chi connectivity index (χ3v) is 5.67. The van der Waals surface area contributed by atoms with Gasteiger partial charge in [-0.05, 0) is 31.1 Å². The van der Waals surface area contributed by atoms with Gasteiger partial charge >= 0.3 is 0 Å². The predicted octanol–water partition coefficient (Wildman–Crippen LogP) is 3.43. The Labute approximate surface area is 131 Å². The Bertz CT molecular complexity index is 515. The summed E-state index contributed by atoms with van der Waals surface area (Å²) in [5, 5.41) is 9.33. The average Bonchev–Trinajstić information content (AvgIpc) is 2.56. The van der Waals surface area contributed by atoms with Crippen LogP contribution in [0.15, 0.2) is 30.3 Å². The lowest BCUT2D eigenvalue weighted by Crippen LogP contribution is -2.46. The van der Waals surface area contributed by atoms with Crippen LogP contribution >= 0.6 is 11.8 Å². The number of carbonyl (C=O) groups is 1. The van der Waals surface area contributed by atoms with Crippen LogP contribution in [0.5, 0.6) is 0 Å². The molecule has 1 heterocycles. The minimum absolute atomic E-state index is 0.0601. The van der Waals surface area contributed by atoms with Crippen LogP contribution in [0.1, 0.15) is 37.7 Å². The molecule has 1 fully saturated rings. The zero-order valence-electron chi connectivity index (χ0n) is 12.7. The van der Waals surface area contributed by atoms with Crippen LogP contribution in [0.2, 0.25) is 0 Å². The molecule has 1 unspecified atom stereocenters. The van der Waals surface area contributed by atoms with Crippen LogP contribution in [0.4, 0.5) is 0 Å². The van der Waals surface area contributed by atoms with Gasteiger partial charge < -0.3 is 4.90 Å². The largest absolute Gasteiger partial charge is 0.342 e. The lowest BCUT2D eigenvalue weighted by atomic mass is 9.92. The fourth-order valence-electron chi connectivity index (χ4n) is 2.91. The van der Waals surface area contributed by atoms with Crippen molar-refractivity contribution in [1.29, 1.82) is 5.26 Å². The molecule has 1 aromatic rings. The fourth-order valence-corrected chi connectivity index (χ4v) is 3.59. The molecule has 1 aliphatic heterocycles. The Morgan fingerprint density at radius 2 is 2.00 bits per heavy atom. The van der Waals surface area contributed by atoms with E-state index in [0.717, 1.165) is 24.8 Å². The molecule has 3 nitrogen and oxygen atoms in total. The van der Waals surface area contributed by atoms with Crippen molar-refractivity contribution >= 4 is 17.7 Å². The summed E-state index contributed by atoms with van der Waals surface area (Å²) in [5.41, 5.74) is 1.09. The van der Waals surface area contributed by atoms with Gasteiger partial charge in [0.1, 0.15) is 4.75 Å². The van der Waals surface area contributed by atoms with Gasteiger partial charge in [-0.1, -0.05) is 37.3 Å². The molecule has 21 heavy (non-hydrogen) atoms. The van der Waals surface area contributed by atoms with Gasteiger partial charge in [-0.3, -0.25) is 4.79 Å². The van der Waals surface area contributed by atoms with Gasteiger partial charge in [-0.2, -0.15) is 5.26 Å². The van der Waals surface area contributed by atoms with E-state index in [-0.39, 0.29) is 16.6 Å². The van der Waals surface area contributed by atoms with E-state index >= 15 is 0 Å². The number of nitriles is 1. The van der Waals surface area contributed by atoms with Crippen molar-refractivity contribution in [3.05, 3.63) is 35.9 Å². The first-order valence-electron chi connectivity index (χ1n) is 7.46. The molecule has 1 atom stereocenters. The summed E-state index contributed by atoms with van der Waals surface area (Å²) < 4.78 is -0.300. The van der Waals surface area contributed by atoms with E-state index in [1.165, 1.54) is 0 Å². The molecule has 2 rings (SSSR count). The second kappa shape index (κ2) is 7.00. The summed E-state index contributed by atoms with van der Waals surface area (Å²) in [5.74, 6) is 0.145. The zero-order valence-corrected chi connectivity index (χ0v) is 13.5. The SMILES string of the molecule is CCC(C(=O)N1CCC(C#N)(SC)CC1)c1ccccc1. The van der Waals surface area contributed by atoms with Gasteiger partial charge in [0.2, 0.25) is 5.91 Å². The van der Waals surface area contributed by atoms with Crippen molar-refractivity contribution in [1.82, 2.24) is 4.90 Å². The Hall–Kier alpha value is -1.47. The van der Waals surface area contributed by atoms with Crippen molar-refractivity contribution in [2.75, 3.05) is 19.3 Å². The number of amides is 1. The Balaban J connectivity index is 2.06. The standard InChI is InChI=1S/C17H22N2OS/c1-3-15(14-7-5-4-6-8-14)16(20)19-11-9-17(13-18,21-2)10-12-19/h4-8,15H,3,9-12H2,1-2H3. The van der Waals surface area contributed by atoms with E-state index in [9.17, 15) is 10.1 Å². The quantitative estimate of drug-likeness (QED) is 0.856. The molecular weight excluding hydrogens is 280 g/mol. The average molecular weight is 302 g/mol. The van der Waals surface area contributed by atoms with E-state index in [1.54, 1.807) is 11.8 Å². The Morgan fingerprint density at radius 1 is 1.38 bits per heavy atom. The second-order valence-electron chi connectivity index (χ2n) is 5.51. The molecule has 0 spiro atoms. The molecule has 1 saturated heterocycles. The molecule has 1 aliphatic rings. The van der Waals surface area contributed by atoms with Crippen LogP contribution < -0.4 is 0 Å². The van der Waals surface area contributed by atoms with E-state index < -0.39 is 0 Å². The van der Waals surface area contributed by atoms with Crippen LogP contribution in [-0.4, -0.2) is 34.9 Å². The summed E-state index contributed by atoms with van der Waals surface area (Å²) in [6, 6.07) is 12.4. The molecule has 0 aromatic heterocycles. The summed E-state index contributed by atoms with van der Waals surface area (Å²) in [4.78, 5) is 14.7. The number of benzene rings is 1. The number of nitrogens with zero attached hydrogens (tertiary/aromatic N) is 2. The smallest absolute Gasteiger partial charge is 0.230 e. The summed E-state index contributed by atoms with van der Waals surface area (Å²) in [6.07, 6.45) is 4.33. The zero-order chi connectivity index (χ0) is 15.3. The highest BCUT2D eigenvalue weighted by molar-refractivity contribution is 8.00. The van der Waals surface area contributed by atoms with Crippen molar-refractivity contribution in [2.24, 2.45) is 0 Å². The highest BCUT2D eigenvalue weighted by Gasteiger charge is 2.36. The number of hydrogen-bond acceptors (Lipinski definition) is 3. The number of hydrogen-bond donors (Lipinski definition) is 0. The molecule has 1 amide bonds. The molecule has 0 aliphatic carbocycles. The predicted molar refractivity (Wildman–Crippen MR) is 87.1 cm³/mol. The van der Waals surface area contributed by atoms with Crippen LogP contribution in [0, 0.1) is 11.3 Å². The van der Waals surface area contributed by atoms with Gasteiger partial charge in [-0.25, -0.2) is 0 Å². The van der Waals surface area contributed by atoms with E-state index in [1.807, 2.05) is 41.5 Å². The molecule has 0 radical (unpaired) electrons. The minimum Gasteiger partial charge on any atom is -0.342 e. The number of rotatable bonds is 4. The van der Waals surface area contributed by atoms with Gasteiger partial charge in [0.05, 0.1) is 12.0 Å². The van der Waals surface area contributed by atoms with E-state index in [2.05, 4.69) is 13.0 Å². The number of piperidine rings is 1. The molecule has 0 saturated carbocycles. The third-order valence-electron chi connectivity index (χ3n) is 4.39. The highest BCUT2D eigenvalue weighted by Crippen LogP contribution is 2.35. The maximum Gasteiger partial charge on any atom is 0.230 e. The minimum atomic E-state index is -0.300. The maximum absolute atomic E-state index is 12.8. The monoisotopic (exact) mass is 302 g/mol. The maximum atomic E-state index is 12.8. The summed E-state index contributed by atoms with van der Waals surface area (Å²) in [7, 11) is 0. The van der Waals surface area contributed by atoms with Crippen LogP contribution in [-0.2, 0) is 4.79 Å². The number of likely N-dealkylation sites (tertiary alicyclic amines) is 1. The topological polar surface area (TPSA) is 44.1 Å². The van der Waals surface area contributed by atoms with Gasteiger partial charge in [0, 0.05) is 13.1 Å². The lowest BCUT2D eigenvalue weighted by Gasteiger charge is -2.37. The molecule has 0 N–H and O–H groups in total. The third kappa shape index (κ3) is 3.41. The summed E-state index contributed by atoms with van der Waals surface area (Å²) >= 11 is 1.62. The van der Waals surface area contributed by atoms with Gasteiger partial charge in [0.25, 0.3) is 0 Å². The van der Waals surface area contributed by atoms with Gasteiger partial charge in [0.15, 0.2) is 0 Å². The Morgan fingerprint density at radius 3 is 2.48 bits per heavy atom. The lowest BCUT2D eigenvalue weighted by molar-refractivity contribution is -0.133. The number of carbonyl (C=O) groups excluding carboxylic acids is 1. The van der Waals surface area contributed by atoms with E-state index in [0.29, 0.717) is 13.1 Å². The highest BCUT2D eigenvalue weighted by atomic mass is 32.2. The molecule has 1 aromatic carbocycles. The number of thioether (sulfide) groups is 1. The van der Waals surface area contributed by atoms with Crippen molar-refractivity contribution in [3.8, 4) is 6.07 Å². The van der Waals surface area contributed by atoms with Crippen LogP contribution in [0.25, 0.3) is 0 Å². The normalized spacial score (nSPS) is 18.8.